The van der Waals surface area contributed by atoms with Crippen molar-refractivity contribution in [2.24, 2.45) is 0 Å². The molecule has 2 atom stereocenters. The van der Waals surface area contributed by atoms with E-state index in [9.17, 15) is 10.1 Å². The molecule has 0 bridgehead atoms. The second kappa shape index (κ2) is 5.55. The summed E-state index contributed by atoms with van der Waals surface area (Å²) in [5, 5.41) is 13.8. The fourth-order valence-electron chi connectivity index (χ4n) is 1.77. The van der Waals surface area contributed by atoms with Gasteiger partial charge in [-0.25, -0.2) is 0 Å². The van der Waals surface area contributed by atoms with E-state index in [1.54, 1.807) is 6.07 Å². The van der Waals surface area contributed by atoms with E-state index in [1.807, 2.05) is 7.05 Å². The highest BCUT2D eigenvalue weighted by atomic mass is 16.6. The average Bonchev–Trinajstić information content (AvgIpc) is 2.30. The molecule has 16 heavy (non-hydrogen) atoms. The van der Waals surface area contributed by atoms with E-state index >= 15 is 0 Å². The number of pyridine rings is 1. The van der Waals surface area contributed by atoms with Gasteiger partial charge < -0.3 is 5.32 Å². The number of nitro groups is 1. The third-order valence-corrected chi connectivity index (χ3v) is 2.85. The molecule has 0 radical (unpaired) electrons. The van der Waals surface area contributed by atoms with Crippen LogP contribution in [0.25, 0.3) is 0 Å². The van der Waals surface area contributed by atoms with Gasteiger partial charge in [0.2, 0.25) is 0 Å². The van der Waals surface area contributed by atoms with Gasteiger partial charge in [-0.1, -0.05) is 6.92 Å². The quantitative estimate of drug-likeness (QED) is 0.613. The average molecular weight is 223 g/mol. The molecule has 0 aliphatic carbocycles. The third-order valence-electron chi connectivity index (χ3n) is 2.85. The maximum atomic E-state index is 10.7. The standard InChI is InChI=1S/C11H17N3O2/c1-4-10(8(2)12-3)11-7-9(14(15)16)5-6-13-11/h5-8,10,12H,4H2,1-3H3. The molecule has 0 fully saturated rings. The van der Waals surface area contributed by atoms with Crippen molar-refractivity contribution in [1.82, 2.24) is 10.3 Å². The van der Waals surface area contributed by atoms with E-state index in [-0.39, 0.29) is 22.6 Å². The first-order chi connectivity index (χ1) is 7.60. The first kappa shape index (κ1) is 12.6. The van der Waals surface area contributed by atoms with Crippen molar-refractivity contribution in [1.29, 1.82) is 0 Å². The first-order valence-electron chi connectivity index (χ1n) is 5.37. The van der Waals surface area contributed by atoms with Gasteiger partial charge in [0.05, 0.1) is 10.6 Å². The molecule has 0 aliphatic heterocycles. The number of likely N-dealkylation sites (N-methyl/N-ethyl adjacent to an activating group) is 1. The molecular weight excluding hydrogens is 206 g/mol. The van der Waals surface area contributed by atoms with Crippen LogP contribution in [-0.2, 0) is 0 Å². The smallest absolute Gasteiger partial charge is 0.272 e. The molecule has 1 N–H and O–H groups in total. The van der Waals surface area contributed by atoms with Gasteiger partial charge in [0.25, 0.3) is 5.69 Å². The fourth-order valence-corrected chi connectivity index (χ4v) is 1.77. The summed E-state index contributed by atoms with van der Waals surface area (Å²) in [6.45, 7) is 4.10. The van der Waals surface area contributed by atoms with Crippen LogP contribution in [0.15, 0.2) is 18.3 Å². The van der Waals surface area contributed by atoms with Crippen LogP contribution in [-0.4, -0.2) is 23.0 Å². The Labute approximate surface area is 95.0 Å². The lowest BCUT2D eigenvalue weighted by atomic mass is 9.94. The summed E-state index contributed by atoms with van der Waals surface area (Å²) < 4.78 is 0. The number of nitrogens with zero attached hydrogens (tertiary/aromatic N) is 2. The molecule has 0 aromatic carbocycles. The minimum absolute atomic E-state index is 0.103. The second-order valence-electron chi connectivity index (χ2n) is 3.79. The van der Waals surface area contributed by atoms with Gasteiger partial charge in [-0.3, -0.25) is 15.1 Å². The second-order valence-corrected chi connectivity index (χ2v) is 3.79. The van der Waals surface area contributed by atoms with Crippen LogP contribution in [0.1, 0.15) is 31.9 Å². The molecule has 0 saturated carbocycles. The van der Waals surface area contributed by atoms with Crippen molar-refractivity contribution in [3.05, 3.63) is 34.1 Å². The predicted octanol–water partition coefficient (Wildman–Crippen LogP) is 2.09. The van der Waals surface area contributed by atoms with Gasteiger partial charge in [0.15, 0.2) is 0 Å². The third kappa shape index (κ3) is 2.76. The zero-order valence-electron chi connectivity index (χ0n) is 9.80. The Morgan fingerprint density at radius 2 is 2.31 bits per heavy atom. The molecule has 0 spiro atoms. The maximum absolute atomic E-state index is 10.7. The lowest BCUT2D eigenvalue weighted by molar-refractivity contribution is -0.385. The van der Waals surface area contributed by atoms with Crippen molar-refractivity contribution in [2.45, 2.75) is 32.2 Å². The molecule has 1 aromatic heterocycles. The largest absolute Gasteiger partial charge is 0.317 e. The molecule has 0 aliphatic rings. The van der Waals surface area contributed by atoms with Crippen LogP contribution in [0.3, 0.4) is 0 Å². The van der Waals surface area contributed by atoms with Crippen LogP contribution in [0.2, 0.25) is 0 Å². The van der Waals surface area contributed by atoms with Crippen LogP contribution >= 0.6 is 0 Å². The number of nitrogens with one attached hydrogen (secondary N) is 1. The van der Waals surface area contributed by atoms with E-state index in [2.05, 4.69) is 24.1 Å². The molecule has 5 nitrogen and oxygen atoms in total. The van der Waals surface area contributed by atoms with Crippen LogP contribution in [0, 0.1) is 10.1 Å². The molecule has 0 amide bonds. The molecule has 5 heteroatoms. The van der Waals surface area contributed by atoms with Crippen molar-refractivity contribution in [3.8, 4) is 0 Å². The normalized spacial score (nSPS) is 14.4. The molecule has 2 unspecified atom stereocenters. The first-order valence-corrected chi connectivity index (χ1v) is 5.37. The summed E-state index contributed by atoms with van der Waals surface area (Å²) in [6, 6.07) is 3.22. The Bertz CT molecular complexity index is 368. The summed E-state index contributed by atoms with van der Waals surface area (Å²) >= 11 is 0. The number of aromatic nitrogens is 1. The minimum Gasteiger partial charge on any atom is -0.317 e. The zero-order chi connectivity index (χ0) is 12.1. The van der Waals surface area contributed by atoms with E-state index in [0.29, 0.717) is 0 Å². The molecule has 88 valence electrons. The van der Waals surface area contributed by atoms with Crippen molar-refractivity contribution < 1.29 is 4.92 Å². The Hall–Kier alpha value is -1.49. The van der Waals surface area contributed by atoms with E-state index in [0.717, 1.165) is 12.1 Å². The maximum Gasteiger partial charge on any atom is 0.272 e. The van der Waals surface area contributed by atoms with Crippen LogP contribution < -0.4 is 5.32 Å². The topological polar surface area (TPSA) is 68.1 Å². The van der Waals surface area contributed by atoms with Crippen LogP contribution in [0.5, 0.6) is 0 Å². The lowest BCUT2D eigenvalue weighted by Gasteiger charge is -2.21. The Morgan fingerprint density at radius 3 is 2.81 bits per heavy atom. The highest BCUT2D eigenvalue weighted by molar-refractivity contribution is 5.31. The van der Waals surface area contributed by atoms with Gasteiger partial charge in [0, 0.05) is 30.3 Å². The van der Waals surface area contributed by atoms with Gasteiger partial charge in [-0.2, -0.15) is 0 Å². The Balaban J connectivity index is 3.01. The van der Waals surface area contributed by atoms with E-state index in [4.69, 9.17) is 0 Å². The Kier molecular flexibility index (Phi) is 4.37. The lowest BCUT2D eigenvalue weighted by Crippen LogP contribution is -2.29. The summed E-state index contributed by atoms with van der Waals surface area (Å²) in [7, 11) is 1.88. The summed E-state index contributed by atoms with van der Waals surface area (Å²) in [5.74, 6) is 0.199. The minimum atomic E-state index is -0.387. The van der Waals surface area contributed by atoms with E-state index in [1.165, 1.54) is 12.3 Å². The monoisotopic (exact) mass is 223 g/mol. The molecule has 1 heterocycles. The number of hydrogen-bond acceptors (Lipinski definition) is 4. The number of hydrogen-bond donors (Lipinski definition) is 1. The highest BCUT2D eigenvalue weighted by Crippen LogP contribution is 2.24. The van der Waals surface area contributed by atoms with Gasteiger partial charge in [0.1, 0.15) is 0 Å². The van der Waals surface area contributed by atoms with Crippen molar-refractivity contribution in [2.75, 3.05) is 7.05 Å². The Morgan fingerprint density at radius 1 is 1.62 bits per heavy atom. The SMILES string of the molecule is CCC(c1cc([N+](=O)[O-])ccn1)C(C)NC. The fraction of sp³-hybridized carbons (Fsp3) is 0.545. The molecule has 0 saturated heterocycles. The predicted molar refractivity (Wildman–Crippen MR) is 62.4 cm³/mol. The van der Waals surface area contributed by atoms with Crippen molar-refractivity contribution in [3.63, 3.8) is 0 Å². The van der Waals surface area contributed by atoms with Crippen molar-refractivity contribution >= 4 is 5.69 Å². The number of rotatable bonds is 5. The molecule has 1 rings (SSSR count). The summed E-state index contributed by atoms with van der Waals surface area (Å²) in [4.78, 5) is 14.5. The van der Waals surface area contributed by atoms with Crippen LogP contribution in [0.4, 0.5) is 5.69 Å². The van der Waals surface area contributed by atoms with Gasteiger partial charge in [-0.05, 0) is 20.4 Å². The van der Waals surface area contributed by atoms with Gasteiger partial charge in [-0.15, -0.1) is 0 Å². The summed E-state index contributed by atoms with van der Waals surface area (Å²) in [6.07, 6.45) is 2.40. The molecule has 1 aromatic rings. The zero-order valence-corrected chi connectivity index (χ0v) is 9.80. The van der Waals surface area contributed by atoms with Gasteiger partial charge >= 0.3 is 0 Å². The summed E-state index contributed by atoms with van der Waals surface area (Å²) in [5.41, 5.74) is 0.880. The molecular formula is C11H17N3O2. The van der Waals surface area contributed by atoms with E-state index < -0.39 is 0 Å². The highest BCUT2D eigenvalue weighted by Gasteiger charge is 2.19.